The number of carbonyl (C=O) groups is 9. The first-order chi connectivity index (χ1) is 26.6. The summed E-state index contributed by atoms with van der Waals surface area (Å²) in [6.45, 7) is 2.17. The summed E-state index contributed by atoms with van der Waals surface area (Å²) in [6, 6.07) is 0. The summed E-state index contributed by atoms with van der Waals surface area (Å²) in [5, 5.41) is 40.4. The van der Waals surface area contributed by atoms with E-state index in [-0.39, 0.29) is 102 Å². The number of ketones is 1. The van der Waals surface area contributed by atoms with Gasteiger partial charge in [-0.1, -0.05) is 6.42 Å². The molecule has 3 aliphatic heterocycles. The van der Waals surface area contributed by atoms with Crippen LogP contribution >= 0.6 is 0 Å². The Balaban J connectivity index is 1.44. The second-order valence-electron chi connectivity index (χ2n) is 14.5. The second kappa shape index (κ2) is 23.3. The molecular formula is C36H55N7O13. The van der Waals surface area contributed by atoms with Gasteiger partial charge in [0.05, 0.1) is 38.6 Å². The number of carboxylic acids is 4. The molecule has 0 aromatic carbocycles. The monoisotopic (exact) mass is 793 g/mol. The molecule has 0 spiro atoms. The van der Waals surface area contributed by atoms with Gasteiger partial charge in [-0.05, 0) is 31.6 Å². The van der Waals surface area contributed by atoms with Crippen LogP contribution in [-0.2, 0) is 43.2 Å². The summed E-state index contributed by atoms with van der Waals surface area (Å²) >= 11 is 0. The molecule has 0 radical (unpaired) electrons. The van der Waals surface area contributed by atoms with Gasteiger partial charge in [-0.25, -0.2) is 0 Å². The van der Waals surface area contributed by atoms with Gasteiger partial charge in [-0.2, -0.15) is 0 Å². The molecule has 312 valence electrons. The molecule has 0 saturated carbocycles. The number of hydrogen-bond acceptors (Lipinski definition) is 13. The van der Waals surface area contributed by atoms with Crippen molar-refractivity contribution in [3.05, 3.63) is 12.2 Å². The van der Waals surface area contributed by atoms with Gasteiger partial charge in [0.25, 0.3) is 11.8 Å². The van der Waals surface area contributed by atoms with Crippen LogP contribution in [0.25, 0.3) is 0 Å². The number of hydrogen-bond donors (Lipinski definition) is 5. The Bertz CT molecular complexity index is 1420. The summed E-state index contributed by atoms with van der Waals surface area (Å²) in [5.74, 6) is -7.04. The number of likely N-dealkylation sites (tertiary alicyclic amines) is 1. The Morgan fingerprint density at radius 3 is 1.52 bits per heavy atom. The van der Waals surface area contributed by atoms with E-state index in [4.69, 9.17) is 0 Å². The van der Waals surface area contributed by atoms with Gasteiger partial charge in [0, 0.05) is 97.0 Å². The number of unbranched alkanes of at least 4 members (excludes halogenated alkanes) is 1. The predicted molar refractivity (Wildman–Crippen MR) is 196 cm³/mol. The van der Waals surface area contributed by atoms with E-state index in [0.29, 0.717) is 65.0 Å². The minimum Gasteiger partial charge on any atom is -0.481 e. The zero-order chi connectivity index (χ0) is 41.2. The van der Waals surface area contributed by atoms with Crippen molar-refractivity contribution in [3.8, 4) is 0 Å². The van der Waals surface area contributed by atoms with Gasteiger partial charge in [-0.15, -0.1) is 0 Å². The van der Waals surface area contributed by atoms with Crippen LogP contribution in [-0.4, -0.2) is 208 Å². The van der Waals surface area contributed by atoms with Crippen molar-refractivity contribution in [1.29, 1.82) is 0 Å². The zero-order valence-electron chi connectivity index (χ0n) is 31.7. The van der Waals surface area contributed by atoms with E-state index in [1.165, 1.54) is 12.2 Å². The minimum atomic E-state index is -1.14. The van der Waals surface area contributed by atoms with Crippen LogP contribution in [0.3, 0.4) is 0 Å². The number of imide groups is 1. The van der Waals surface area contributed by atoms with Crippen molar-refractivity contribution >= 4 is 53.3 Å². The molecule has 1 atom stereocenters. The molecule has 56 heavy (non-hydrogen) atoms. The van der Waals surface area contributed by atoms with Crippen molar-refractivity contribution in [2.75, 3.05) is 105 Å². The molecular weight excluding hydrogens is 738 g/mol. The van der Waals surface area contributed by atoms with E-state index < -0.39 is 47.4 Å². The van der Waals surface area contributed by atoms with Crippen molar-refractivity contribution in [1.82, 2.24) is 34.7 Å². The van der Waals surface area contributed by atoms with E-state index in [1.54, 1.807) is 19.6 Å². The molecule has 0 aromatic heterocycles. The minimum absolute atomic E-state index is 0.0207. The van der Waals surface area contributed by atoms with Crippen molar-refractivity contribution in [2.45, 2.75) is 44.9 Å². The fourth-order valence-corrected chi connectivity index (χ4v) is 6.97. The molecule has 2 saturated heterocycles. The third-order valence-electron chi connectivity index (χ3n) is 10.2. The molecule has 0 aliphatic carbocycles. The van der Waals surface area contributed by atoms with Gasteiger partial charge in [0.2, 0.25) is 11.8 Å². The maximum Gasteiger partial charge on any atom is 0.317 e. The Morgan fingerprint density at radius 1 is 0.643 bits per heavy atom. The Kier molecular flexibility index (Phi) is 19.0. The number of amides is 4. The lowest BCUT2D eigenvalue weighted by Gasteiger charge is -2.35. The molecule has 3 heterocycles. The number of carboxylic acid groups (broad SMARTS) is 4. The Morgan fingerprint density at radius 2 is 1.09 bits per heavy atom. The molecule has 0 bridgehead atoms. The van der Waals surface area contributed by atoms with Crippen LogP contribution in [0.1, 0.15) is 44.9 Å². The summed E-state index contributed by atoms with van der Waals surface area (Å²) in [4.78, 5) is 118. The number of Topliss-reactive ketones (excluding diaryl/α,β-unsaturated/α-hetero) is 1. The van der Waals surface area contributed by atoms with Gasteiger partial charge >= 0.3 is 23.9 Å². The van der Waals surface area contributed by atoms with Crippen molar-refractivity contribution in [2.24, 2.45) is 11.8 Å². The molecule has 0 unspecified atom stereocenters. The number of rotatable bonds is 20. The van der Waals surface area contributed by atoms with E-state index in [0.717, 1.165) is 4.90 Å². The van der Waals surface area contributed by atoms with Crippen LogP contribution in [0.4, 0.5) is 0 Å². The maximum atomic E-state index is 13.4. The fourth-order valence-electron chi connectivity index (χ4n) is 6.97. The Labute approximate surface area is 325 Å². The first kappa shape index (κ1) is 45.6. The third kappa shape index (κ3) is 16.9. The molecule has 20 nitrogen and oxygen atoms in total. The molecule has 20 heteroatoms. The summed E-state index contributed by atoms with van der Waals surface area (Å²) in [5.41, 5.74) is 0. The largest absolute Gasteiger partial charge is 0.481 e. The van der Waals surface area contributed by atoms with Crippen LogP contribution in [0.5, 0.6) is 0 Å². The van der Waals surface area contributed by atoms with E-state index in [9.17, 15) is 63.6 Å². The number of nitrogens with zero attached hydrogens (tertiary/aromatic N) is 6. The molecule has 3 rings (SSSR count). The lowest BCUT2D eigenvalue weighted by Crippen LogP contribution is -2.50. The number of nitrogens with one attached hydrogen (secondary N) is 1. The number of piperidine rings is 1. The highest BCUT2D eigenvalue weighted by atomic mass is 16.4. The summed E-state index contributed by atoms with van der Waals surface area (Å²) < 4.78 is 0. The highest BCUT2D eigenvalue weighted by molar-refractivity contribution is 6.12. The SMILES string of the molecule is O=C(O)CN1CCN(CC(=O)O)CCN(CC(=O)N2CCC(CC(=O)NCC(=O)C[C@@H](CCCCN3C(=O)C=CC3=O)C(=O)O)CC2)CCN(CC(=O)O)CC1. The maximum absolute atomic E-state index is 13.4. The highest BCUT2D eigenvalue weighted by Gasteiger charge is 2.28. The van der Waals surface area contributed by atoms with Crippen LogP contribution in [0.15, 0.2) is 12.2 Å². The van der Waals surface area contributed by atoms with Gasteiger partial charge < -0.3 is 30.6 Å². The quantitative estimate of drug-likeness (QED) is 0.0657. The standard InChI is InChI=1S/C36H55N7O13/c44-28(20-27(36(55)56)3-1-2-8-43-30(46)4-5-31(43)47)21-37-29(45)19-26-6-9-42(10-7-26)32(48)22-38-11-13-39(23-33(49)50)15-17-41(25-35(53)54)18-16-40(14-12-38)24-34(51)52/h4-5,26-27H,1-3,6-25H2,(H,37,45)(H,49,50)(H,51,52)(H,53,54)(H,55,56)/t27-/m1/s1. The third-order valence-corrected chi connectivity index (χ3v) is 10.2. The topological polar surface area (TPSA) is 266 Å². The molecule has 0 aromatic rings. The smallest absolute Gasteiger partial charge is 0.317 e. The van der Waals surface area contributed by atoms with Gasteiger partial charge in [-0.3, -0.25) is 67.7 Å². The fraction of sp³-hybridized carbons (Fsp3) is 0.694. The van der Waals surface area contributed by atoms with E-state index in [2.05, 4.69) is 5.32 Å². The number of aliphatic carboxylic acids is 4. The predicted octanol–water partition coefficient (Wildman–Crippen LogP) is -2.04. The average Bonchev–Trinajstić information content (AvgIpc) is 3.45. The molecule has 2 fully saturated rings. The van der Waals surface area contributed by atoms with Crippen LogP contribution in [0, 0.1) is 11.8 Å². The molecule has 3 aliphatic rings. The summed E-state index contributed by atoms with van der Waals surface area (Å²) in [6.07, 6.45) is 4.27. The van der Waals surface area contributed by atoms with Gasteiger partial charge in [0.1, 0.15) is 0 Å². The Hall–Kier alpha value is -4.79. The van der Waals surface area contributed by atoms with Crippen LogP contribution in [0.2, 0.25) is 0 Å². The number of carbonyl (C=O) groups excluding carboxylic acids is 5. The average molecular weight is 794 g/mol. The first-order valence-corrected chi connectivity index (χ1v) is 19.0. The first-order valence-electron chi connectivity index (χ1n) is 19.0. The van der Waals surface area contributed by atoms with E-state index in [1.807, 2.05) is 4.90 Å². The lowest BCUT2D eigenvalue weighted by molar-refractivity contribution is -0.144. The van der Waals surface area contributed by atoms with Crippen molar-refractivity contribution < 1.29 is 63.6 Å². The van der Waals surface area contributed by atoms with Crippen molar-refractivity contribution in [3.63, 3.8) is 0 Å². The van der Waals surface area contributed by atoms with E-state index >= 15 is 0 Å². The normalized spacial score (nSPS) is 19.3. The molecule has 5 N–H and O–H groups in total. The van der Waals surface area contributed by atoms with Crippen LogP contribution < -0.4 is 5.32 Å². The second-order valence-corrected chi connectivity index (χ2v) is 14.5. The van der Waals surface area contributed by atoms with Gasteiger partial charge in [0.15, 0.2) is 5.78 Å². The highest BCUT2D eigenvalue weighted by Crippen LogP contribution is 2.21. The zero-order valence-corrected chi connectivity index (χ0v) is 31.7. The lowest BCUT2D eigenvalue weighted by atomic mass is 9.93. The molecule has 4 amide bonds. The summed E-state index contributed by atoms with van der Waals surface area (Å²) in [7, 11) is 0.